The lowest BCUT2D eigenvalue weighted by Gasteiger charge is -2.21. The van der Waals surface area contributed by atoms with Gasteiger partial charge in [-0.3, -0.25) is 4.79 Å². The molecule has 0 heterocycles. The minimum absolute atomic E-state index is 0.461. The molecule has 2 N–H and O–H groups in total. The maximum atomic E-state index is 10.9. The number of rotatable bonds is 2. The van der Waals surface area contributed by atoms with E-state index < -0.39 is 10.8 Å². The maximum Gasteiger partial charge on any atom is 0.250 e. The van der Waals surface area contributed by atoms with Crippen LogP contribution in [-0.2, 0) is 4.79 Å². The second-order valence-corrected chi connectivity index (χ2v) is 3.71. The molecular formula is C8H14ClNO. The number of hydrogen-bond acceptors (Lipinski definition) is 2. The van der Waals surface area contributed by atoms with Crippen LogP contribution in [0.3, 0.4) is 0 Å². The lowest BCUT2D eigenvalue weighted by atomic mass is 9.93. The van der Waals surface area contributed by atoms with E-state index in [0.717, 1.165) is 5.57 Å². The lowest BCUT2D eigenvalue weighted by Crippen LogP contribution is -2.37. The summed E-state index contributed by atoms with van der Waals surface area (Å²) in [5, 5.41) is -0.461. The van der Waals surface area contributed by atoms with E-state index in [4.69, 9.17) is 17.3 Å². The molecule has 0 aromatic rings. The minimum atomic E-state index is -0.641. The van der Waals surface area contributed by atoms with Gasteiger partial charge in [-0.15, -0.1) is 0 Å². The topological polar surface area (TPSA) is 43.1 Å². The highest BCUT2D eigenvalue weighted by Crippen LogP contribution is 2.19. The van der Waals surface area contributed by atoms with Gasteiger partial charge in [0.25, 0.3) is 0 Å². The van der Waals surface area contributed by atoms with Crippen molar-refractivity contribution in [2.75, 3.05) is 0 Å². The standard InChI is InChI=1S/C8H14ClNO/c1-5(2)6(7(9)11)8(3,4)10/h10H2,1-4H3. The zero-order valence-corrected chi connectivity index (χ0v) is 8.12. The Bertz CT molecular complexity index is 197. The Morgan fingerprint density at radius 2 is 1.73 bits per heavy atom. The molecule has 0 rings (SSSR count). The van der Waals surface area contributed by atoms with E-state index in [1.54, 1.807) is 13.8 Å². The van der Waals surface area contributed by atoms with Gasteiger partial charge < -0.3 is 5.73 Å². The van der Waals surface area contributed by atoms with Gasteiger partial charge in [0, 0.05) is 11.1 Å². The van der Waals surface area contributed by atoms with Crippen LogP contribution < -0.4 is 5.73 Å². The average molecular weight is 176 g/mol. The molecule has 0 aromatic heterocycles. The van der Waals surface area contributed by atoms with Crippen molar-refractivity contribution >= 4 is 16.8 Å². The monoisotopic (exact) mass is 175 g/mol. The van der Waals surface area contributed by atoms with Gasteiger partial charge in [0.1, 0.15) is 0 Å². The Balaban J connectivity index is 4.96. The zero-order valence-electron chi connectivity index (χ0n) is 7.36. The maximum absolute atomic E-state index is 10.9. The van der Waals surface area contributed by atoms with Crippen molar-refractivity contribution in [2.24, 2.45) is 5.73 Å². The summed E-state index contributed by atoms with van der Waals surface area (Å²) >= 11 is 5.35. The predicted molar refractivity (Wildman–Crippen MR) is 47.5 cm³/mol. The summed E-state index contributed by atoms with van der Waals surface area (Å²) in [6, 6.07) is 0. The van der Waals surface area contributed by atoms with Crippen LogP contribution in [0.5, 0.6) is 0 Å². The summed E-state index contributed by atoms with van der Waals surface area (Å²) in [4.78, 5) is 10.9. The highest BCUT2D eigenvalue weighted by atomic mass is 35.5. The van der Waals surface area contributed by atoms with E-state index >= 15 is 0 Å². The van der Waals surface area contributed by atoms with Crippen molar-refractivity contribution < 1.29 is 4.79 Å². The minimum Gasteiger partial charge on any atom is -0.322 e. The molecule has 0 radical (unpaired) electrons. The number of allylic oxidation sites excluding steroid dienone is 1. The number of halogens is 1. The molecule has 0 spiro atoms. The summed E-state index contributed by atoms with van der Waals surface area (Å²) in [6.45, 7) is 7.17. The largest absolute Gasteiger partial charge is 0.322 e. The molecule has 0 unspecified atom stereocenters. The summed E-state index contributed by atoms with van der Waals surface area (Å²) < 4.78 is 0. The SMILES string of the molecule is CC(C)=C(C(=O)Cl)C(C)(C)N. The van der Waals surface area contributed by atoms with E-state index in [1.807, 2.05) is 13.8 Å². The van der Waals surface area contributed by atoms with E-state index in [-0.39, 0.29) is 0 Å². The van der Waals surface area contributed by atoms with Gasteiger partial charge in [-0.2, -0.15) is 0 Å². The Morgan fingerprint density at radius 1 is 1.36 bits per heavy atom. The second-order valence-electron chi connectivity index (χ2n) is 3.37. The van der Waals surface area contributed by atoms with Crippen molar-refractivity contribution in [3.63, 3.8) is 0 Å². The van der Waals surface area contributed by atoms with E-state index in [9.17, 15) is 4.79 Å². The van der Waals surface area contributed by atoms with Crippen molar-refractivity contribution in [3.8, 4) is 0 Å². The Morgan fingerprint density at radius 3 is 1.73 bits per heavy atom. The third-order valence-electron chi connectivity index (χ3n) is 1.34. The van der Waals surface area contributed by atoms with Gasteiger partial charge in [0.05, 0.1) is 0 Å². The molecule has 3 heteroatoms. The fourth-order valence-electron chi connectivity index (χ4n) is 1.09. The first kappa shape index (κ1) is 10.7. The van der Waals surface area contributed by atoms with Crippen LogP contribution in [0, 0.1) is 0 Å². The summed E-state index contributed by atoms with van der Waals surface area (Å²) in [5.74, 6) is 0. The fraction of sp³-hybridized carbons (Fsp3) is 0.625. The Labute approximate surface area is 72.4 Å². The first-order valence-corrected chi connectivity index (χ1v) is 3.81. The molecule has 0 saturated heterocycles. The molecule has 0 aliphatic heterocycles. The fourth-order valence-corrected chi connectivity index (χ4v) is 1.53. The molecule has 64 valence electrons. The normalized spacial score (nSPS) is 11.1. The third-order valence-corrected chi connectivity index (χ3v) is 1.53. The van der Waals surface area contributed by atoms with Crippen LogP contribution in [0.4, 0.5) is 0 Å². The van der Waals surface area contributed by atoms with Gasteiger partial charge in [-0.05, 0) is 39.3 Å². The molecule has 0 amide bonds. The van der Waals surface area contributed by atoms with Crippen molar-refractivity contribution in [2.45, 2.75) is 33.2 Å². The first-order chi connectivity index (χ1) is 4.76. The number of nitrogens with two attached hydrogens (primary N) is 1. The summed E-state index contributed by atoms with van der Waals surface area (Å²) in [7, 11) is 0. The van der Waals surface area contributed by atoms with Crippen LogP contribution in [-0.4, -0.2) is 10.8 Å². The van der Waals surface area contributed by atoms with Crippen molar-refractivity contribution in [3.05, 3.63) is 11.1 Å². The van der Waals surface area contributed by atoms with Crippen LogP contribution in [0.1, 0.15) is 27.7 Å². The molecule has 0 aliphatic carbocycles. The van der Waals surface area contributed by atoms with E-state index in [0.29, 0.717) is 5.57 Å². The summed E-state index contributed by atoms with van der Waals surface area (Å²) in [5.41, 5.74) is 6.45. The highest BCUT2D eigenvalue weighted by molar-refractivity contribution is 6.68. The highest BCUT2D eigenvalue weighted by Gasteiger charge is 2.23. The molecule has 0 bridgehead atoms. The van der Waals surface area contributed by atoms with Crippen molar-refractivity contribution in [1.29, 1.82) is 0 Å². The lowest BCUT2D eigenvalue weighted by molar-refractivity contribution is -0.109. The summed E-state index contributed by atoms with van der Waals surface area (Å²) in [6.07, 6.45) is 0. The third kappa shape index (κ3) is 3.04. The van der Waals surface area contributed by atoms with Crippen molar-refractivity contribution in [1.82, 2.24) is 0 Å². The van der Waals surface area contributed by atoms with Gasteiger partial charge in [-0.25, -0.2) is 0 Å². The van der Waals surface area contributed by atoms with Crippen LogP contribution >= 0.6 is 11.6 Å². The Hall–Kier alpha value is -0.340. The number of hydrogen-bond donors (Lipinski definition) is 1. The number of carbonyl (C=O) groups is 1. The van der Waals surface area contributed by atoms with Crippen LogP contribution in [0.2, 0.25) is 0 Å². The van der Waals surface area contributed by atoms with Gasteiger partial charge >= 0.3 is 0 Å². The van der Waals surface area contributed by atoms with Crippen LogP contribution in [0.15, 0.2) is 11.1 Å². The number of carbonyl (C=O) groups excluding carboxylic acids is 1. The molecule has 0 aromatic carbocycles. The molecule has 0 atom stereocenters. The molecule has 0 saturated carbocycles. The average Bonchev–Trinajstić information content (AvgIpc) is 1.54. The quantitative estimate of drug-likeness (QED) is 0.514. The molecule has 2 nitrogen and oxygen atoms in total. The van der Waals surface area contributed by atoms with Crippen LogP contribution in [0.25, 0.3) is 0 Å². The predicted octanol–water partition coefficient (Wildman–Crippen LogP) is 1.83. The molecule has 0 aliphatic rings. The van der Waals surface area contributed by atoms with Gasteiger partial charge in [0.15, 0.2) is 0 Å². The van der Waals surface area contributed by atoms with Gasteiger partial charge in [0.2, 0.25) is 5.24 Å². The smallest absolute Gasteiger partial charge is 0.250 e. The zero-order chi connectivity index (χ0) is 9.23. The van der Waals surface area contributed by atoms with E-state index in [1.165, 1.54) is 0 Å². The molecule has 11 heavy (non-hydrogen) atoms. The molecule has 0 fully saturated rings. The first-order valence-electron chi connectivity index (χ1n) is 3.43. The Kier molecular flexibility index (Phi) is 3.27. The van der Waals surface area contributed by atoms with E-state index in [2.05, 4.69) is 0 Å². The second kappa shape index (κ2) is 3.37. The van der Waals surface area contributed by atoms with Gasteiger partial charge in [-0.1, -0.05) is 5.57 Å². The molecular weight excluding hydrogens is 162 g/mol.